The lowest BCUT2D eigenvalue weighted by Crippen LogP contribution is -2.45. The quantitative estimate of drug-likeness (QED) is 0.894. The van der Waals surface area contributed by atoms with Crippen molar-refractivity contribution in [1.29, 1.82) is 0 Å². The maximum absolute atomic E-state index is 11.6. The van der Waals surface area contributed by atoms with Gasteiger partial charge in [-0.3, -0.25) is 4.79 Å². The molecule has 0 aromatic heterocycles. The third-order valence-corrected chi connectivity index (χ3v) is 4.37. The van der Waals surface area contributed by atoms with Gasteiger partial charge in [0.2, 0.25) is 0 Å². The summed E-state index contributed by atoms with van der Waals surface area (Å²) in [6, 6.07) is 8.12. The molecular formula is C15H20BrNO3. The van der Waals surface area contributed by atoms with Gasteiger partial charge in [0.05, 0.1) is 5.41 Å². The Morgan fingerprint density at radius 1 is 1.35 bits per heavy atom. The Labute approximate surface area is 127 Å². The molecule has 1 aliphatic rings. The minimum absolute atomic E-state index is 0.540. The van der Waals surface area contributed by atoms with Crippen molar-refractivity contribution in [2.24, 2.45) is 5.41 Å². The number of benzene rings is 1. The van der Waals surface area contributed by atoms with Gasteiger partial charge in [0.15, 0.2) is 0 Å². The minimum Gasteiger partial charge on any atom is -0.481 e. The van der Waals surface area contributed by atoms with Crippen LogP contribution in [0.15, 0.2) is 28.7 Å². The lowest BCUT2D eigenvalue weighted by atomic mass is 9.80. The van der Waals surface area contributed by atoms with E-state index in [1.807, 2.05) is 19.2 Å². The van der Waals surface area contributed by atoms with Crippen LogP contribution in [0.4, 0.5) is 0 Å². The molecule has 0 aliphatic carbocycles. The summed E-state index contributed by atoms with van der Waals surface area (Å²) in [6.45, 7) is 2.39. The van der Waals surface area contributed by atoms with Crippen molar-refractivity contribution in [1.82, 2.24) is 4.90 Å². The van der Waals surface area contributed by atoms with Crippen molar-refractivity contribution >= 4 is 21.9 Å². The van der Waals surface area contributed by atoms with Gasteiger partial charge in [0.1, 0.15) is 0 Å². The van der Waals surface area contributed by atoms with Gasteiger partial charge >= 0.3 is 5.97 Å². The van der Waals surface area contributed by atoms with Gasteiger partial charge < -0.3 is 14.7 Å². The van der Waals surface area contributed by atoms with Crippen LogP contribution in [0.25, 0.3) is 0 Å². The average Bonchev–Trinajstić information content (AvgIpc) is 2.42. The number of halogens is 1. The Morgan fingerprint density at radius 3 is 2.50 bits per heavy atom. The maximum atomic E-state index is 11.6. The molecule has 110 valence electrons. The zero-order valence-corrected chi connectivity index (χ0v) is 13.2. The van der Waals surface area contributed by atoms with Crippen LogP contribution in [-0.4, -0.2) is 42.8 Å². The molecule has 1 aromatic rings. The molecule has 1 saturated heterocycles. The molecule has 0 atom stereocenters. The Morgan fingerprint density at radius 2 is 1.95 bits per heavy atom. The second-order valence-corrected chi connectivity index (χ2v) is 6.41. The van der Waals surface area contributed by atoms with Gasteiger partial charge in [0.25, 0.3) is 0 Å². The summed E-state index contributed by atoms with van der Waals surface area (Å²) >= 11 is 3.41. The SMILES string of the molecule is CN(Cc1ccc(Br)cc1)CC1(C(=O)O)CCOCC1. The number of carbonyl (C=O) groups is 1. The molecule has 2 rings (SSSR count). The summed E-state index contributed by atoms with van der Waals surface area (Å²) in [5, 5.41) is 9.55. The molecule has 0 radical (unpaired) electrons. The van der Waals surface area contributed by atoms with Gasteiger partial charge in [-0.2, -0.15) is 0 Å². The first-order valence-corrected chi connectivity index (χ1v) is 7.55. The first kappa shape index (κ1) is 15.5. The third kappa shape index (κ3) is 3.81. The molecule has 0 saturated carbocycles. The van der Waals surface area contributed by atoms with E-state index in [1.165, 1.54) is 5.56 Å². The largest absolute Gasteiger partial charge is 0.481 e. The van der Waals surface area contributed by atoms with Gasteiger partial charge in [-0.25, -0.2) is 0 Å². The van der Waals surface area contributed by atoms with E-state index in [1.54, 1.807) is 0 Å². The van der Waals surface area contributed by atoms with Crippen molar-refractivity contribution in [3.63, 3.8) is 0 Å². The number of hydrogen-bond donors (Lipinski definition) is 1. The second-order valence-electron chi connectivity index (χ2n) is 5.50. The van der Waals surface area contributed by atoms with Gasteiger partial charge in [0, 0.05) is 30.8 Å². The van der Waals surface area contributed by atoms with Gasteiger partial charge in [-0.1, -0.05) is 28.1 Å². The van der Waals surface area contributed by atoms with E-state index in [2.05, 4.69) is 33.0 Å². The summed E-state index contributed by atoms with van der Waals surface area (Å²) in [6.07, 6.45) is 1.18. The molecule has 1 aromatic carbocycles. The number of rotatable bonds is 5. The highest BCUT2D eigenvalue weighted by atomic mass is 79.9. The van der Waals surface area contributed by atoms with Crippen molar-refractivity contribution in [2.75, 3.05) is 26.8 Å². The number of carboxylic acid groups (broad SMARTS) is 1. The number of hydrogen-bond acceptors (Lipinski definition) is 3. The first-order valence-electron chi connectivity index (χ1n) is 6.76. The first-order chi connectivity index (χ1) is 9.52. The fraction of sp³-hybridized carbons (Fsp3) is 0.533. The van der Waals surface area contributed by atoms with Crippen LogP contribution in [0.5, 0.6) is 0 Å². The van der Waals surface area contributed by atoms with E-state index in [9.17, 15) is 9.90 Å². The Balaban J connectivity index is 1.99. The van der Waals surface area contributed by atoms with Crippen molar-refractivity contribution in [2.45, 2.75) is 19.4 Å². The molecule has 20 heavy (non-hydrogen) atoms. The van der Waals surface area contributed by atoms with Crippen LogP contribution >= 0.6 is 15.9 Å². The Kier molecular flexibility index (Phi) is 5.18. The second kappa shape index (κ2) is 6.70. The van der Waals surface area contributed by atoms with E-state index in [-0.39, 0.29) is 0 Å². The number of nitrogens with zero attached hydrogens (tertiary/aromatic N) is 1. The van der Waals surface area contributed by atoms with E-state index in [0.29, 0.717) is 32.6 Å². The Hall–Kier alpha value is -0.910. The van der Waals surface area contributed by atoms with Crippen LogP contribution in [0.1, 0.15) is 18.4 Å². The van der Waals surface area contributed by atoms with Crippen molar-refractivity contribution in [3.05, 3.63) is 34.3 Å². The predicted molar refractivity (Wildman–Crippen MR) is 80.6 cm³/mol. The molecule has 4 nitrogen and oxygen atoms in total. The fourth-order valence-corrected chi connectivity index (χ4v) is 2.94. The molecule has 1 aliphatic heterocycles. The monoisotopic (exact) mass is 341 g/mol. The van der Waals surface area contributed by atoms with Crippen molar-refractivity contribution < 1.29 is 14.6 Å². The summed E-state index contributed by atoms with van der Waals surface area (Å²) < 4.78 is 6.35. The molecule has 1 N–H and O–H groups in total. The van der Waals surface area contributed by atoms with E-state index < -0.39 is 11.4 Å². The number of aliphatic carboxylic acids is 1. The zero-order chi connectivity index (χ0) is 14.6. The lowest BCUT2D eigenvalue weighted by molar-refractivity contribution is -0.156. The molecule has 0 bridgehead atoms. The van der Waals surface area contributed by atoms with Crippen LogP contribution < -0.4 is 0 Å². The average molecular weight is 342 g/mol. The minimum atomic E-state index is -0.705. The highest BCUT2D eigenvalue weighted by Gasteiger charge is 2.40. The summed E-state index contributed by atoms with van der Waals surface area (Å²) in [4.78, 5) is 13.7. The van der Waals surface area contributed by atoms with Crippen molar-refractivity contribution in [3.8, 4) is 0 Å². The molecule has 5 heteroatoms. The summed E-state index contributed by atoms with van der Waals surface area (Å²) in [5.74, 6) is -0.705. The van der Waals surface area contributed by atoms with Gasteiger partial charge in [-0.05, 0) is 37.6 Å². The number of ether oxygens (including phenoxy) is 1. The lowest BCUT2D eigenvalue weighted by Gasteiger charge is -2.36. The summed E-state index contributed by atoms with van der Waals surface area (Å²) in [5.41, 5.74) is 0.519. The molecular weight excluding hydrogens is 322 g/mol. The smallest absolute Gasteiger partial charge is 0.311 e. The molecule has 1 heterocycles. The molecule has 0 amide bonds. The Bertz CT molecular complexity index is 455. The predicted octanol–water partition coefficient (Wildman–Crippen LogP) is 2.76. The fourth-order valence-electron chi connectivity index (χ4n) is 2.68. The standard InChI is InChI=1S/C15H20BrNO3/c1-17(10-12-2-4-13(16)5-3-12)11-15(14(18)19)6-8-20-9-7-15/h2-5H,6-11H2,1H3,(H,18,19). The van der Waals surface area contributed by atoms with E-state index in [0.717, 1.165) is 11.0 Å². The third-order valence-electron chi connectivity index (χ3n) is 3.84. The van der Waals surface area contributed by atoms with E-state index in [4.69, 9.17) is 4.74 Å². The zero-order valence-electron chi connectivity index (χ0n) is 11.6. The molecule has 0 unspecified atom stereocenters. The topological polar surface area (TPSA) is 49.8 Å². The highest BCUT2D eigenvalue weighted by Crippen LogP contribution is 2.32. The molecule has 0 spiro atoms. The van der Waals surface area contributed by atoms with Crippen LogP contribution in [0.2, 0.25) is 0 Å². The number of carboxylic acids is 1. The van der Waals surface area contributed by atoms with Crippen LogP contribution in [0, 0.1) is 5.41 Å². The maximum Gasteiger partial charge on any atom is 0.311 e. The van der Waals surface area contributed by atoms with Crippen LogP contribution in [-0.2, 0) is 16.1 Å². The summed E-state index contributed by atoms with van der Waals surface area (Å²) in [7, 11) is 1.97. The van der Waals surface area contributed by atoms with Gasteiger partial charge in [-0.15, -0.1) is 0 Å². The normalized spacial score (nSPS) is 18.1. The highest BCUT2D eigenvalue weighted by molar-refractivity contribution is 9.10. The molecule has 1 fully saturated rings. The van der Waals surface area contributed by atoms with Crippen LogP contribution in [0.3, 0.4) is 0 Å². The van der Waals surface area contributed by atoms with E-state index >= 15 is 0 Å².